The van der Waals surface area contributed by atoms with Crippen molar-refractivity contribution in [3.05, 3.63) is 179 Å². The van der Waals surface area contributed by atoms with Crippen LogP contribution in [0.1, 0.15) is 280 Å². The molecule has 2 N–H and O–H groups in total. The maximum absolute atomic E-state index is 11.7. The fraction of sp³-hybridized carbons (Fsp3) is 0.696. The predicted molar refractivity (Wildman–Crippen MR) is 566 cm³/mol. The van der Waals surface area contributed by atoms with Crippen LogP contribution in [0, 0.1) is 11.8 Å². The Balaban J connectivity index is 0.000000209. The van der Waals surface area contributed by atoms with Gasteiger partial charge < -0.3 is 39.7 Å². The van der Waals surface area contributed by atoms with Gasteiger partial charge in [-0.05, 0) is 270 Å². The first-order valence-corrected chi connectivity index (χ1v) is 54.7. The van der Waals surface area contributed by atoms with E-state index in [0.717, 1.165) is 137 Å². The number of carbonyl (C=O) groups is 4. The molecule has 3 amide bonds. The van der Waals surface area contributed by atoms with Crippen LogP contribution in [-0.4, -0.2) is 350 Å². The molecule has 10 aliphatic rings. The fourth-order valence-corrected chi connectivity index (χ4v) is 21.0. The van der Waals surface area contributed by atoms with E-state index in [2.05, 4.69) is 325 Å². The molecule has 0 radical (unpaired) electrons. The monoisotopic (exact) mass is 1900 g/mol. The average molecular weight is 1910 g/mol. The smallest absolute Gasteiger partial charge is 0.317 e. The molecule has 5 aromatic rings. The summed E-state index contributed by atoms with van der Waals surface area (Å²) in [6.07, 6.45) is 16.2. The second-order valence-electron chi connectivity index (χ2n) is 42.0. The number of hydrogen-bond donors (Lipinski definition) is 2. The molecule has 24 heteroatoms. The fourth-order valence-electron chi connectivity index (χ4n) is 20.2. The summed E-state index contributed by atoms with van der Waals surface area (Å²) in [4.78, 5) is 76.5. The number of urea groups is 1. The van der Waals surface area contributed by atoms with Gasteiger partial charge in [0.05, 0.1) is 37.5 Å². The zero-order valence-electron chi connectivity index (χ0n) is 89.1. The van der Waals surface area contributed by atoms with E-state index >= 15 is 0 Å². The van der Waals surface area contributed by atoms with Crippen LogP contribution in [0.3, 0.4) is 0 Å². The summed E-state index contributed by atoms with van der Waals surface area (Å²) < 4.78 is 30.7. The molecule has 1 saturated carbocycles. The van der Waals surface area contributed by atoms with Crippen LogP contribution < -0.4 is 5.32 Å². The molecule has 5 atom stereocenters. The summed E-state index contributed by atoms with van der Waals surface area (Å²) in [5, 5.41) is 11.8. The molecule has 0 aromatic heterocycles. The van der Waals surface area contributed by atoms with Crippen LogP contribution in [0.5, 0.6) is 0 Å². The number of amides is 3. The third-order valence-corrected chi connectivity index (χ3v) is 30.4. The van der Waals surface area contributed by atoms with Crippen molar-refractivity contribution in [2.24, 2.45) is 11.8 Å². The lowest BCUT2D eigenvalue weighted by molar-refractivity contribution is -0.143. The lowest BCUT2D eigenvalue weighted by Gasteiger charge is -2.43. The summed E-state index contributed by atoms with van der Waals surface area (Å²) in [6.45, 7) is 68.8. The summed E-state index contributed by atoms with van der Waals surface area (Å²) in [5.41, 5.74) is 6.84. The second kappa shape index (κ2) is 61.3. The minimum absolute atomic E-state index is 0.0972. The number of likely N-dealkylation sites (N-methyl/N-ethyl adjacent to an activating group) is 1. The topological polar surface area (TPSA) is 189 Å². The predicted octanol–water partition coefficient (Wildman–Crippen LogP) is 18.5. The summed E-state index contributed by atoms with van der Waals surface area (Å²) in [6, 6.07) is 61.3. The Morgan fingerprint density at radius 2 is 0.721 bits per heavy atom. The number of likely N-dealkylation sites (tertiary alicyclic amines) is 4. The number of sulfonamides is 1. The number of rotatable bonds is 22. The summed E-state index contributed by atoms with van der Waals surface area (Å²) in [5.74, 6) is 0.279. The van der Waals surface area contributed by atoms with E-state index in [-0.39, 0.29) is 23.9 Å². The van der Waals surface area contributed by atoms with Crippen LogP contribution in [0.2, 0.25) is 0 Å². The van der Waals surface area contributed by atoms with Gasteiger partial charge in [0.2, 0.25) is 15.9 Å². The standard InChI is InChI=1S/C15H22N2O.C14H22N2O2S.2C14H21N.C13H19NO.C11H21N3O.C11H25N3.C11H21NO.C9H17NO2/c1-12(2)17-10-9-16(13(3)18)11-15(17)14-7-5-4-6-8-14;1-12(2)16-10-9-15(19(3,17)18)11-14(16)13-7-5-4-6-8-13;2*1-12(2)15-11-7-6-10-14(15)13-8-4-3-5-9-13;1-11(2)14-8-9-15-10-13(14)12-6-4-3-5-7-12;1-9(2)13-5-7-14(8-6-13)11(15)12-10-3-4-10;1-11(2)14-9-7-13(8-10-14)6-5-12(3)4;1-4-11(13)10-5-7-12(8-6-10)9(2)3;1-7(2)10-5-3-8(4-6-10)9(11)12/h4-8,12,15H,9-11H2,1-3H3;4-8,12,14H,9-11H2,1-3H3;2*3-5,8-9,12,14H,6-7,10-11H2,1-2H3;3-7,11,13H,8-10H2,1-2H3;9-10H,3-8H2,1-2H3,(H,12,15);11H,5-10H2,1-4H3;9-10H,4-8H2,1-3H3;7-8H,3-6H2,1-2H3,(H,11,12)/t15-;3*14-;13-;;;;/m00000..../s1. The van der Waals surface area contributed by atoms with Gasteiger partial charge in [-0.3, -0.25) is 53.6 Å². The molecule has 0 unspecified atom stereocenters. The first kappa shape index (κ1) is 116. The van der Waals surface area contributed by atoms with Crippen LogP contribution in [0.15, 0.2) is 152 Å². The van der Waals surface area contributed by atoms with Gasteiger partial charge in [-0.25, -0.2) is 13.2 Å². The second-order valence-corrected chi connectivity index (χ2v) is 44.0. The highest BCUT2D eigenvalue weighted by atomic mass is 32.2. The molecule has 5 aromatic carbocycles. The molecule has 766 valence electrons. The molecule has 9 heterocycles. The van der Waals surface area contributed by atoms with Crippen molar-refractivity contribution in [3.63, 3.8) is 0 Å². The maximum Gasteiger partial charge on any atom is 0.317 e. The van der Waals surface area contributed by atoms with E-state index in [1.807, 2.05) is 41.0 Å². The van der Waals surface area contributed by atoms with Crippen molar-refractivity contribution in [1.29, 1.82) is 0 Å². The minimum Gasteiger partial charge on any atom is -0.481 e. The molecule has 23 nitrogen and oxygen atoms in total. The van der Waals surface area contributed by atoms with Gasteiger partial charge in [-0.15, -0.1) is 0 Å². The van der Waals surface area contributed by atoms with Crippen molar-refractivity contribution >= 4 is 33.7 Å². The Hall–Kier alpha value is -6.59. The van der Waals surface area contributed by atoms with Crippen molar-refractivity contribution < 1.29 is 37.4 Å². The van der Waals surface area contributed by atoms with Gasteiger partial charge >= 0.3 is 12.0 Å². The number of piperidine rings is 4. The molecule has 15 rings (SSSR count). The number of ketones is 1. The molecule has 1 aliphatic carbocycles. The number of nitrogens with one attached hydrogen (secondary N) is 1. The van der Waals surface area contributed by atoms with Crippen molar-refractivity contribution in [2.45, 2.75) is 313 Å². The van der Waals surface area contributed by atoms with Gasteiger partial charge in [-0.1, -0.05) is 171 Å². The van der Waals surface area contributed by atoms with Crippen molar-refractivity contribution in [3.8, 4) is 0 Å². The number of ether oxygens (including phenoxy) is 1. The molecule has 9 saturated heterocycles. The van der Waals surface area contributed by atoms with Crippen LogP contribution in [0.4, 0.5) is 4.79 Å². The highest BCUT2D eigenvalue weighted by Crippen LogP contribution is 2.36. The zero-order valence-corrected chi connectivity index (χ0v) is 89.9. The highest BCUT2D eigenvalue weighted by Gasteiger charge is 2.37. The van der Waals surface area contributed by atoms with E-state index in [0.29, 0.717) is 116 Å². The number of piperazine rings is 4. The van der Waals surface area contributed by atoms with E-state index in [9.17, 15) is 27.6 Å². The lowest BCUT2D eigenvalue weighted by Crippen LogP contribution is -2.53. The average Bonchev–Trinajstić information content (AvgIpc) is 1.20. The number of carbonyl (C=O) groups excluding carboxylic acids is 3. The number of nitrogens with zero attached hydrogens (tertiary/aromatic N) is 14. The Morgan fingerprint density at radius 1 is 0.382 bits per heavy atom. The number of Topliss-reactive ketones (excluding diaryl/α,β-unsaturated/α-hetero) is 1. The third-order valence-electron chi connectivity index (χ3n) is 29.1. The molecule has 9 aliphatic heterocycles. The number of aliphatic carboxylic acids is 1. The van der Waals surface area contributed by atoms with Crippen molar-refractivity contribution in [2.75, 3.05) is 184 Å². The largest absolute Gasteiger partial charge is 0.481 e. The SMILES string of the molecule is CC(=O)N1CCN(C(C)C)[C@H](c2ccccc2)C1.CC(C)N1CCC(C(=O)O)CC1.CC(C)N1CCCC[C@H]1c1ccccc1.CC(C)N1CCCC[C@H]1c1ccccc1.CC(C)N1CCN(C(=O)NC2CC2)CC1.CC(C)N1CCN(CCN(C)C)CC1.CC(C)N1CCN(S(C)(=O)=O)C[C@H]1c1ccccc1.CC(C)N1CCOC[C@H]1c1ccccc1.CCC(=O)C1CCN(C(C)C)CC1. The van der Waals surface area contributed by atoms with Gasteiger partial charge in [0.25, 0.3) is 0 Å². The minimum atomic E-state index is -3.11. The molecular formula is C112H189N15O8S. The van der Waals surface area contributed by atoms with Crippen molar-refractivity contribution in [1.82, 2.24) is 73.3 Å². The number of carboxylic acid groups (broad SMARTS) is 1. The van der Waals surface area contributed by atoms with Gasteiger partial charge in [0, 0.05) is 209 Å². The van der Waals surface area contributed by atoms with E-state index in [1.54, 1.807) is 11.2 Å². The van der Waals surface area contributed by atoms with E-state index in [4.69, 9.17) is 9.84 Å². The first-order valence-electron chi connectivity index (χ1n) is 52.8. The summed E-state index contributed by atoms with van der Waals surface area (Å²) in [7, 11) is 1.18. The van der Waals surface area contributed by atoms with E-state index in [1.165, 1.54) is 125 Å². The van der Waals surface area contributed by atoms with Crippen LogP contribution in [0.25, 0.3) is 0 Å². The van der Waals surface area contributed by atoms with Gasteiger partial charge in [0.15, 0.2) is 0 Å². The van der Waals surface area contributed by atoms with Gasteiger partial charge in [-0.2, -0.15) is 4.31 Å². The normalized spacial score (nSPS) is 22.3. The molecule has 0 bridgehead atoms. The Morgan fingerprint density at radius 3 is 1.07 bits per heavy atom. The molecule has 136 heavy (non-hydrogen) atoms. The molecule has 0 spiro atoms. The quantitative estimate of drug-likeness (QED) is 0.0665. The highest BCUT2D eigenvalue weighted by molar-refractivity contribution is 7.88. The summed E-state index contributed by atoms with van der Waals surface area (Å²) >= 11 is 0. The number of carboxylic acids is 1. The number of morpholine rings is 1. The molecular weight excluding hydrogens is 1720 g/mol. The zero-order chi connectivity index (χ0) is 99.6. The first-order chi connectivity index (χ1) is 64.9. The van der Waals surface area contributed by atoms with Gasteiger partial charge in [0.1, 0.15) is 5.78 Å². The van der Waals surface area contributed by atoms with E-state index < -0.39 is 16.0 Å². The molecule has 10 fully saturated rings. The van der Waals surface area contributed by atoms with Crippen LogP contribution in [-0.2, 0) is 29.1 Å². The number of benzene rings is 5. The third kappa shape index (κ3) is 40.4. The van der Waals surface area contributed by atoms with Crippen LogP contribution >= 0.6 is 0 Å². The number of hydrogen-bond acceptors (Lipinski definition) is 18. The lowest BCUT2D eigenvalue weighted by atomic mass is 9.91. The maximum atomic E-state index is 11.7. The Bertz CT molecular complexity index is 4010. The Kier molecular flexibility index (Phi) is 52.5. The Labute approximate surface area is 827 Å².